The van der Waals surface area contributed by atoms with Gasteiger partial charge >= 0.3 is 0 Å². The Bertz CT molecular complexity index is 341. The van der Waals surface area contributed by atoms with Crippen LogP contribution in [-0.2, 0) is 9.84 Å². The summed E-state index contributed by atoms with van der Waals surface area (Å²) >= 11 is 0. The predicted molar refractivity (Wildman–Crippen MR) is 76.7 cm³/mol. The van der Waals surface area contributed by atoms with Gasteiger partial charge in [-0.15, -0.1) is 0 Å². The van der Waals surface area contributed by atoms with Crippen molar-refractivity contribution in [3.8, 4) is 0 Å². The van der Waals surface area contributed by atoms with Gasteiger partial charge in [-0.3, -0.25) is 4.90 Å². The fourth-order valence-electron chi connectivity index (χ4n) is 2.53. The number of hydrogen-bond donors (Lipinski definition) is 1. The Morgan fingerprint density at radius 3 is 2.50 bits per heavy atom. The van der Waals surface area contributed by atoms with E-state index in [9.17, 15) is 8.42 Å². The van der Waals surface area contributed by atoms with Crippen LogP contribution < -0.4 is 5.32 Å². The minimum atomic E-state index is -2.92. The minimum absolute atomic E-state index is 0.262. The van der Waals surface area contributed by atoms with Crippen molar-refractivity contribution in [3.05, 3.63) is 0 Å². The largest absolute Gasteiger partial charge is 0.316 e. The lowest BCUT2D eigenvalue weighted by Gasteiger charge is -2.39. The normalized spacial score (nSPS) is 24.4. The number of nitrogens with one attached hydrogen (secondary N) is 1. The molecule has 1 aliphatic heterocycles. The predicted octanol–water partition coefficient (Wildman–Crippen LogP) is 1.27. The van der Waals surface area contributed by atoms with Gasteiger partial charge in [0.2, 0.25) is 0 Å². The van der Waals surface area contributed by atoms with Gasteiger partial charge in [-0.1, -0.05) is 6.42 Å². The summed E-state index contributed by atoms with van der Waals surface area (Å²) < 4.78 is 23.8. The van der Waals surface area contributed by atoms with Gasteiger partial charge in [0.25, 0.3) is 0 Å². The molecule has 0 spiro atoms. The van der Waals surface area contributed by atoms with Crippen molar-refractivity contribution in [1.29, 1.82) is 0 Å². The highest BCUT2D eigenvalue weighted by Gasteiger charge is 2.28. The summed E-state index contributed by atoms with van der Waals surface area (Å²) in [5.74, 6) is 0.289. The number of rotatable bonds is 6. The summed E-state index contributed by atoms with van der Waals surface area (Å²) in [5.41, 5.74) is 0. The van der Waals surface area contributed by atoms with Gasteiger partial charge in [-0.2, -0.15) is 0 Å². The number of hydrogen-bond acceptors (Lipinski definition) is 4. The van der Waals surface area contributed by atoms with Gasteiger partial charge in [0, 0.05) is 18.6 Å². The molecule has 18 heavy (non-hydrogen) atoms. The smallest absolute Gasteiger partial charge is 0.153 e. The maximum Gasteiger partial charge on any atom is 0.153 e. The van der Waals surface area contributed by atoms with Gasteiger partial charge in [-0.25, -0.2) is 8.42 Å². The zero-order chi connectivity index (χ0) is 13.8. The van der Waals surface area contributed by atoms with Crippen molar-refractivity contribution in [3.63, 3.8) is 0 Å². The van der Waals surface area contributed by atoms with E-state index in [1.807, 2.05) is 7.05 Å². The van der Waals surface area contributed by atoms with Crippen LogP contribution in [0.3, 0.4) is 0 Å². The lowest BCUT2D eigenvalue weighted by Crippen LogP contribution is -2.51. The van der Waals surface area contributed by atoms with Crippen LogP contribution in [0.5, 0.6) is 0 Å². The number of piperidine rings is 1. The van der Waals surface area contributed by atoms with Crippen LogP contribution in [0, 0.1) is 0 Å². The average Bonchev–Trinajstić information content (AvgIpc) is 2.35. The van der Waals surface area contributed by atoms with Crippen molar-refractivity contribution in [2.75, 3.05) is 25.9 Å². The molecular weight excluding hydrogens is 248 g/mol. The van der Waals surface area contributed by atoms with E-state index in [1.54, 1.807) is 13.8 Å². The van der Waals surface area contributed by atoms with E-state index in [1.165, 1.54) is 19.3 Å². The Morgan fingerprint density at radius 1 is 1.28 bits per heavy atom. The van der Waals surface area contributed by atoms with Crippen LogP contribution in [0.2, 0.25) is 0 Å². The first-order chi connectivity index (χ1) is 8.38. The molecule has 0 aromatic rings. The molecule has 5 heteroatoms. The molecule has 2 unspecified atom stereocenters. The molecule has 0 amide bonds. The highest BCUT2D eigenvalue weighted by molar-refractivity contribution is 7.92. The van der Waals surface area contributed by atoms with Crippen LogP contribution in [0.25, 0.3) is 0 Å². The molecule has 1 fully saturated rings. The van der Waals surface area contributed by atoms with Crippen molar-refractivity contribution in [2.45, 2.75) is 57.4 Å². The molecule has 0 aliphatic carbocycles. The van der Waals surface area contributed by atoms with Gasteiger partial charge in [0.05, 0.1) is 11.0 Å². The molecule has 0 radical (unpaired) electrons. The van der Waals surface area contributed by atoms with Gasteiger partial charge < -0.3 is 5.32 Å². The standard InChI is InChI=1S/C13H28N2O2S/c1-11(2)18(16,17)10-9-15-8-6-5-7-13(15)12(3)14-4/h11-14H,5-10H2,1-4H3. The number of likely N-dealkylation sites (N-methyl/N-ethyl adjacent to an activating group) is 1. The first-order valence-corrected chi connectivity index (χ1v) is 8.73. The molecule has 1 N–H and O–H groups in total. The zero-order valence-electron chi connectivity index (χ0n) is 12.1. The number of likely N-dealkylation sites (tertiary alicyclic amines) is 1. The van der Waals surface area contributed by atoms with E-state index in [2.05, 4.69) is 17.1 Å². The van der Waals surface area contributed by atoms with E-state index >= 15 is 0 Å². The van der Waals surface area contributed by atoms with Gasteiger partial charge in [0.1, 0.15) is 0 Å². The van der Waals surface area contributed by atoms with E-state index < -0.39 is 9.84 Å². The fraction of sp³-hybridized carbons (Fsp3) is 1.00. The van der Waals surface area contributed by atoms with Crippen molar-refractivity contribution in [2.24, 2.45) is 0 Å². The second-order valence-electron chi connectivity index (χ2n) is 5.59. The van der Waals surface area contributed by atoms with Crippen LogP contribution >= 0.6 is 0 Å². The molecule has 4 nitrogen and oxygen atoms in total. The Morgan fingerprint density at radius 2 is 1.94 bits per heavy atom. The molecule has 0 aromatic carbocycles. The third kappa shape index (κ3) is 4.21. The second kappa shape index (κ2) is 6.87. The Hall–Kier alpha value is -0.130. The van der Waals surface area contributed by atoms with E-state index in [0.29, 0.717) is 18.6 Å². The van der Waals surface area contributed by atoms with Gasteiger partial charge in [-0.05, 0) is 47.2 Å². The van der Waals surface area contributed by atoms with Crippen molar-refractivity contribution >= 4 is 9.84 Å². The third-order valence-corrected chi connectivity index (χ3v) is 6.27. The number of nitrogens with zero attached hydrogens (tertiary/aromatic N) is 1. The van der Waals surface area contributed by atoms with Crippen molar-refractivity contribution < 1.29 is 8.42 Å². The Labute approximate surface area is 112 Å². The lowest BCUT2D eigenvalue weighted by molar-refractivity contribution is 0.129. The summed E-state index contributed by atoms with van der Waals surface area (Å²) in [7, 11) is -0.941. The Kier molecular flexibility index (Phi) is 6.08. The highest BCUT2D eigenvalue weighted by Crippen LogP contribution is 2.19. The minimum Gasteiger partial charge on any atom is -0.316 e. The van der Waals surface area contributed by atoms with E-state index in [-0.39, 0.29) is 11.0 Å². The molecule has 1 saturated heterocycles. The maximum atomic E-state index is 11.9. The van der Waals surface area contributed by atoms with Crippen LogP contribution in [-0.4, -0.2) is 56.5 Å². The van der Waals surface area contributed by atoms with Crippen LogP contribution in [0.1, 0.15) is 40.0 Å². The average molecular weight is 276 g/mol. The monoisotopic (exact) mass is 276 g/mol. The van der Waals surface area contributed by atoms with Gasteiger partial charge in [0.15, 0.2) is 9.84 Å². The van der Waals surface area contributed by atoms with Crippen LogP contribution in [0.15, 0.2) is 0 Å². The first-order valence-electron chi connectivity index (χ1n) is 7.01. The maximum absolute atomic E-state index is 11.9. The molecule has 0 aromatic heterocycles. The SMILES string of the molecule is CNC(C)C1CCCCN1CCS(=O)(=O)C(C)C. The van der Waals surface area contributed by atoms with Crippen molar-refractivity contribution in [1.82, 2.24) is 10.2 Å². The molecule has 0 bridgehead atoms. The molecule has 1 aliphatic rings. The lowest BCUT2D eigenvalue weighted by atomic mass is 9.97. The fourth-order valence-corrected chi connectivity index (χ4v) is 3.49. The zero-order valence-corrected chi connectivity index (χ0v) is 13.0. The summed E-state index contributed by atoms with van der Waals surface area (Å²) in [6.07, 6.45) is 3.61. The molecule has 1 heterocycles. The summed E-state index contributed by atoms with van der Waals surface area (Å²) in [5, 5.41) is 3.03. The highest BCUT2D eigenvalue weighted by atomic mass is 32.2. The molecule has 1 rings (SSSR count). The summed E-state index contributed by atoms with van der Waals surface area (Å²) in [6, 6.07) is 0.901. The quantitative estimate of drug-likeness (QED) is 0.794. The molecule has 108 valence electrons. The second-order valence-corrected chi connectivity index (χ2v) is 8.27. The molecule has 2 atom stereocenters. The van der Waals surface area contributed by atoms with E-state index in [4.69, 9.17) is 0 Å². The topological polar surface area (TPSA) is 49.4 Å². The molecular formula is C13H28N2O2S. The van der Waals surface area contributed by atoms with E-state index in [0.717, 1.165) is 6.54 Å². The first kappa shape index (κ1) is 15.9. The van der Waals surface area contributed by atoms with Crippen LogP contribution in [0.4, 0.5) is 0 Å². The molecule has 0 saturated carbocycles. The summed E-state index contributed by atoms with van der Waals surface area (Å²) in [4.78, 5) is 2.35. The third-order valence-electron chi connectivity index (χ3n) is 4.08. The number of sulfone groups is 1. The Balaban J connectivity index is 2.58. The summed E-state index contributed by atoms with van der Waals surface area (Å²) in [6.45, 7) is 7.42.